The fourth-order valence-corrected chi connectivity index (χ4v) is 4.09. The number of nitrogens with one attached hydrogen (secondary N) is 1. The molecule has 0 heterocycles. The predicted octanol–water partition coefficient (Wildman–Crippen LogP) is 6.29. The second-order valence-corrected chi connectivity index (χ2v) is 8.28. The van der Waals surface area contributed by atoms with Gasteiger partial charge in [0.05, 0.1) is 11.6 Å². The van der Waals surface area contributed by atoms with Crippen molar-refractivity contribution >= 4 is 17.5 Å². The second kappa shape index (κ2) is 9.36. The monoisotopic (exact) mass is 419 g/mol. The van der Waals surface area contributed by atoms with Crippen molar-refractivity contribution in [2.24, 2.45) is 0 Å². The maximum absolute atomic E-state index is 13.1. The molecule has 0 radical (unpaired) electrons. The van der Waals surface area contributed by atoms with Gasteiger partial charge in [-0.3, -0.25) is 4.79 Å². The van der Waals surface area contributed by atoms with Gasteiger partial charge in [-0.05, 0) is 73.1 Å². The van der Waals surface area contributed by atoms with Crippen LogP contribution >= 0.6 is 11.6 Å². The quantitative estimate of drug-likeness (QED) is 0.510. The number of carbonyl (C=O) groups excluding carboxylic acids is 1. The number of rotatable bonds is 6. The standard InChI is InChI=1S/C26H26ClNO2/c1-18(21-12-11-20-9-5-6-10-22(20)15-21)28-26(29)24-16-23(27)13-14-25(24)30-17-19-7-3-2-4-8-19/h2-4,7-8,11-16,18H,5-6,9-10,17H2,1H3,(H,28,29)/t18-/m1/s1. The smallest absolute Gasteiger partial charge is 0.255 e. The van der Waals surface area contributed by atoms with E-state index in [4.69, 9.17) is 16.3 Å². The molecule has 3 aromatic rings. The fourth-order valence-electron chi connectivity index (χ4n) is 3.92. The lowest BCUT2D eigenvalue weighted by atomic mass is 9.89. The van der Waals surface area contributed by atoms with Crippen molar-refractivity contribution in [2.45, 2.75) is 45.3 Å². The number of aryl methyl sites for hydroxylation is 2. The maximum atomic E-state index is 13.1. The molecular weight excluding hydrogens is 394 g/mol. The molecule has 1 N–H and O–H groups in total. The lowest BCUT2D eigenvalue weighted by molar-refractivity contribution is 0.0935. The average molecular weight is 420 g/mol. The largest absolute Gasteiger partial charge is 0.488 e. The summed E-state index contributed by atoms with van der Waals surface area (Å²) in [6.07, 6.45) is 4.78. The Morgan fingerprint density at radius 1 is 1.00 bits per heavy atom. The van der Waals surface area contributed by atoms with Crippen LogP contribution in [-0.4, -0.2) is 5.91 Å². The molecule has 0 bridgehead atoms. The molecule has 0 aromatic heterocycles. The van der Waals surface area contributed by atoms with Gasteiger partial charge in [0, 0.05) is 5.02 Å². The summed E-state index contributed by atoms with van der Waals surface area (Å²) in [5.74, 6) is 0.337. The van der Waals surface area contributed by atoms with E-state index in [1.165, 1.54) is 24.0 Å². The summed E-state index contributed by atoms with van der Waals surface area (Å²) < 4.78 is 5.94. The van der Waals surface area contributed by atoms with Crippen LogP contribution < -0.4 is 10.1 Å². The fraction of sp³-hybridized carbons (Fsp3) is 0.269. The molecule has 1 aliphatic carbocycles. The molecule has 0 fully saturated rings. The number of hydrogen-bond donors (Lipinski definition) is 1. The molecule has 154 valence electrons. The average Bonchev–Trinajstić information content (AvgIpc) is 2.78. The Hall–Kier alpha value is -2.78. The first-order valence-corrected chi connectivity index (χ1v) is 10.9. The number of halogens is 1. The number of hydrogen-bond acceptors (Lipinski definition) is 2. The van der Waals surface area contributed by atoms with Crippen LogP contribution in [0.4, 0.5) is 0 Å². The Morgan fingerprint density at radius 2 is 1.77 bits per heavy atom. The van der Waals surface area contributed by atoms with E-state index in [0.717, 1.165) is 24.0 Å². The van der Waals surface area contributed by atoms with Gasteiger partial charge in [-0.1, -0.05) is 60.1 Å². The molecule has 4 heteroatoms. The molecule has 4 rings (SSSR count). The third-order valence-corrected chi connectivity index (χ3v) is 5.88. The highest BCUT2D eigenvalue weighted by atomic mass is 35.5. The van der Waals surface area contributed by atoms with Gasteiger partial charge in [0.1, 0.15) is 12.4 Å². The molecule has 3 nitrogen and oxygen atoms in total. The molecule has 0 spiro atoms. The molecule has 0 saturated carbocycles. The summed E-state index contributed by atoms with van der Waals surface area (Å²) in [5, 5.41) is 3.62. The van der Waals surface area contributed by atoms with E-state index in [0.29, 0.717) is 22.9 Å². The van der Waals surface area contributed by atoms with E-state index in [-0.39, 0.29) is 11.9 Å². The number of fused-ring (bicyclic) bond motifs is 1. The van der Waals surface area contributed by atoms with Gasteiger partial charge >= 0.3 is 0 Å². The molecule has 3 aromatic carbocycles. The van der Waals surface area contributed by atoms with Gasteiger partial charge in [-0.15, -0.1) is 0 Å². The van der Waals surface area contributed by atoms with E-state index in [9.17, 15) is 4.79 Å². The van der Waals surface area contributed by atoms with Crippen LogP contribution in [0.2, 0.25) is 5.02 Å². The number of carbonyl (C=O) groups is 1. The number of benzene rings is 3. The minimum atomic E-state index is -0.189. The third kappa shape index (κ3) is 4.85. The van der Waals surface area contributed by atoms with Crippen LogP contribution in [-0.2, 0) is 19.4 Å². The lowest BCUT2D eigenvalue weighted by Gasteiger charge is -2.20. The lowest BCUT2D eigenvalue weighted by Crippen LogP contribution is -2.27. The highest BCUT2D eigenvalue weighted by Crippen LogP contribution is 2.27. The maximum Gasteiger partial charge on any atom is 0.255 e. The van der Waals surface area contributed by atoms with Gasteiger partial charge in [-0.2, -0.15) is 0 Å². The van der Waals surface area contributed by atoms with Crippen molar-refractivity contribution in [3.63, 3.8) is 0 Å². The molecular formula is C26H26ClNO2. The normalized spacial score (nSPS) is 13.9. The molecule has 0 saturated heterocycles. The topological polar surface area (TPSA) is 38.3 Å². The first-order valence-electron chi connectivity index (χ1n) is 10.5. The zero-order valence-corrected chi connectivity index (χ0v) is 17.9. The van der Waals surface area contributed by atoms with Gasteiger partial charge in [0.25, 0.3) is 5.91 Å². The highest BCUT2D eigenvalue weighted by molar-refractivity contribution is 6.31. The molecule has 1 amide bonds. The Balaban J connectivity index is 1.49. The molecule has 30 heavy (non-hydrogen) atoms. The predicted molar refractivity (Wildman–Crippen MR) is 121 cm³/mol. The molecule has 1 atom stereocenters. The SMILES string of the molecule is C[C@@H](NC(=O)c1cc(Cl)ccc1OCc1ccccc1)c1ccc2c(c1)CCCC2. The highest BCUT2D eigenvalue weighted by Gasteiger charge is 2.18. The van der Waals surface area contributed by atoms with Crippen molar-refractivity contribution in [2.75, 3.05) is 0 Å². The van der Waals surface area contributed by atoms with Crippen molar-refractivity contribution in [3.8, 4) is 5.75 Å². The Morgan fingerprint density at radius 3 is 2.57 bits per heavy atom. The molecule has 0 aliphatic heterocycles. The van der Waals surface area contributed by atoms with Crippen LogP contribution in [0.3, 0.4) is 0 Å². The van der Waals surface area contributed by atoms with Crippen molar-refractivity contribution < 1.29 is 9.53 Å². The minimum Gasteiger partial charge on any atom is -0.488 e. The molecule has 0 unspecified atom stereocenters. The van der Waals surface area contributed by atoms with Crippen molar-refractivity contribution in [1.82, 2.24) is 5.32 Å². The zero-order chi connectivity index (χ0) is 20.9. The Bertz CT molecular complexity index is 1030. The first-order chi connectivity index (χ1) is 14.6. The van der Waals surface area contributed by atoms with Gasteiger partial charge in [-0.25, -0.2) is 0 Å². The van der Waals surface area contributed by atoms with E-state index in [1.54, 1.807) is 18.2 Å². The second-order valence-electron chi connectivity index (χ2n) is 7.85. The van der Waals surface area contributed by atoms with Crippen LogP contribution in [0, 0.1) is 0 Å². The number of amides is 1. The summed E-state index contributed by atoms with van der Waals surface area (Å²) in [4.78, 5) is 13.1. The minimum absolute atomic E-state index is 0.106. The summed E-state index contributed by atoms with van der Waals surface area (Å²) >= 11 is 6.18. The van der Waals surface area contributed by atoms with E-state index < -0.39 is 0 Å². The van der Waals surface area contributed by atoms with Crippen LogP contribution in [0.5, 0.6) is 5.75 Å². The van der Waals surface area contributed by atoms with Gasteiger partial charge < -0.3 is 10.1 Å². The summed E-state index contributed by atoms with van der Waals surface area (Å²) in [5.41, 5.74) is 5.46. The van der Waals surface area contributed by atoms with Crippen LogP contribution in [0.1, 0.15) is 58.4 Å². The summed E-state index contributed by atoms with van der Waals surface area (Å²) in [7, 11) is 0. The van der Waals surface area contributed by atoms with Crippen molar-refractivity contribution in [1.29, 1.82) is 0 Å². The van der Waals surface area contributed by atoms with E-state index in [2.05, 4.69) is 23.5 Å². The summed E-state index contributed by atoms with van der Waals surface area (Å²) in [6.45, 7) is 2.40. The first kappa shape index (κ1) is 20.5. The summed E-state index contributed by atoms with van der Waals surface area (Å²) in [6, 6.07) is 21.5. The van der Waals surface area contributed by atoms with Gasteiger partial charge in [0.15, 0.2) is 0 Å². The van der Waals surface area contributed by atoms with Crippen LogP contribution in [0.25, 0.3) is 0 Å². The molecule has 1 aliphatic rings. The third-order valence-electron chi connectivity index (χ3n) is 5.64. The Kier molecular flexibility index (Phi) is 6.39. The van der Waals surface area contributed by atoms with E-state index in [1.807, 2.05) is 37.3 Å². The van der Waals surface area contributed by atoms with Crippen LogP contribution in [0.15, 0.2) is 66.7 Å². The van der Waals surface area contributed by atoms with E-state index >= 15 is 0 Å². The van der Waals surface area contributed by atoms with Crippen molar-refractivity contribution in [3.05, 3.63) is 99.6 Å². The van der Waals surface area contributed by atoms with Gasteiger partial charge in [0.2, 0.25) is 0 Å². The Labute approximate surface area is 183 Å². The zero-order valence-electron chi connectivity index (χ0n) is 17.2. The number of ether oxygens (including phenoxy) is 1.